The SMILES string of the molecule is CCc1ccc(C2/C(=C(/O)c3ccncc3)C(=O)C(=O)N2C2CCCCC2)cc1. The molecule has 5 nitrogen and oxygen atoms in total. The summed E-state index contributed by atoms with van der Waals surface area (Å²) in [5.41, 5.74) is 2.73. The van der Waals surface area contributed by atoms with E-state index in [0.29, 0.717) is 5.56 Å². The fraction of sp³-hybridized carbons (Fsp3) is 0.375. The van der Waals surface area contributed by atoms with E-state index in [1.54, 1.807) is 29.4 Å². The number of carbonyl (C=O) groups excluding carboxylic acids is 2. The first-order valence-electron chi connectivity index (χ1n) is 10.4. The van der Waals surface area contributed by atoms with Crippen LogP contribution in [-0.2, 0) is 16.0 Å². The van der Waals surface area contributed by atoms with Gasteiger partial charge >= 0.3 is 0 Å². The topological polar surface area (TPSA) is 70.5 Å². The molecule has 1 aromatic carbocycles. The number of hydrogen-bond acceptors (Lipinski definition) is 4. The van der Waals surface area contributed by atoms with Gasteiger partial charge in [0.15, 0.2) is 0 Å². The number of Topliss-reactive ketones (excluding diaryl/α,β-unsaturated/α-hetero) is 1. The third-order valence-electron chi connectivity index (χ3n) is 6.11. The van der Waals surface area contributed by atoms with Crippen molar-refractivity contribution in [3.05, 3.63) is 71.1 Å². The molecule has 0 radical (unpaired) electrons. The molecule has 1 aromatic heterocycles. The van der Waals surface area contributed by atoms with Crippen LogP contribution in [0.25, 0.3) is 5.76 Å². The van der Waals surface area contributed by atoms with E-state index in [2.05, 4.69) is 11.9 Å². The van der Waals surface area contributed by atoms with Crippen molar-refractivity contribution in [2.75, 3.05) is 0 Å². The monoisotopic (exact) mass is 390 g/mol. The molecule has 5 heteroatoms. The number of amides is 1. The Bertz CT molecular complexity index is 928. The number of aromatic nitrogens is 1. The van der Waals surface area contributed by atoms with Crippen LogP contribution in [0.3, 0.4) is 0 Å². The van der Waals surface area contributed by atoms with Gasteiger partial charge in [0.25, 0.3) is 11.7 Å². The van der Waals surface area contributed by atoms with Crippen LogP contribution in [0.1, 0.15) is 61.8 Å². The number of benzene rings is 1. The molecular formula is C24H26N2O3. The maximum absolute atomic E-state index is 13.1. The van der Waals surface area contributed by atoms with E-state index in [4.69, 9.17) is 0 Å². The number of aryl methyl sites for hydroxylation is 1. The standard InChI is InChI=1S/C24H26N2O3/c1-2-16-8-10-17(11-9-16)21-20(22(27)18-12-14-25-15-13-18)23(28)24(29)26(21)19-6-4-3-5-7-19/h8-15,19,21,27H,2-7H2,1H3/b22-20-. The first-order valence-corrected chi connectivity index (χ1v) is 10.4. The predicted molar refractivity (Wildman–Crippen MR) is 111 cm³/mol. The zero-order valence-electron chi connectivity index (χ0n) is 16.7. The van der Waals surface area contributed by atoms with Gasteiger partial charge in [-0.1, -0.05) is 50.5 Å². The summed E-state index contributed by atoms with van der Waals surface area (Å²) in [4.78, 5) is 31.8. The molecule has 2 heterocycles. The Morgan fingerprint density at radius 3 is 2.31 bits per heavy atom. The fourth-order valence-electron chi connectivity index (χ4n) is 4.51. The molecule has 2 fully saturated rings. The zero-order valence-corrected chi connectivity index (χ0v) is 16.7. The fourth-order valence-corrected chi connectivity index (χ4v) is 4.51. The van der Waals surface area contributed by atoms with Crippen molar-refractivity contribution in [3.63, 3.8) is 0 Å². The molecule has 1 unspecified atom stereocenters. The highest BCUT2D eigenvalue weighted by Gasteiger charge is 2.48. The van der Waals surface area contributed by atoms with Crippen LogP contribution in [0.15, 0.2) is 54.4 Å². The molecule has 0 spiro atoms. The van der Waals surface area contributed by atoms with Crippen molar-refractivity contribution in [3.8, 4) is 0 Å². The van der Waals surface area contributed by atoms with Crippen LogP contribution >= 0.6 is 0 Å². The molecule has 1 saturated carbocycles. The third-order valence-corrected chi connectivity index (χ3v) is 6.11. The van der Waals surface area contributed by atoms with E-state index in [1.165, 1.54) is 5.56 Å². The molecule has 2 aromatic rings. The maximum atomic E-state index is 13.1. The van der Waals surface area contributed by atoms with Gasteiger partial charge < -0.3 is 10.0 Å². The summed E-state index contributed by atoms with van der Waals surface area (Å²) >= 11 is 0. The summed E-state index contributed by atoms with van der Waals surface area (Å²) in [6.07, 6.45) is 9.11. The summed E-state index contributed by atoms with van der Waals surface area (Å²) in [7, 11) is 0. The first-order chi connectivity index (χ1) is 14.1. The molecular weight excluding hydrogens is 364 g/mol. The average Bonchev–Trinajstić information content (AvgIpc) is 3.05. The summed E-state index contributed by atoms with van der Waals surface area (Å²) in [5, 5.41) is 11.0. The van der Waals surface area contributed by atoms with E-state index in [1.807, 2.05) is 24.3 Å². The molecule has 1 saturated heterocycles. The Morgan fingerprint density at radius 2 is 1.69 bits per heavy atom. The summed E-state index contributed by atoms with van der Waals surface area (Å²) in [5.74, 6) is -1.24. The zero-order chi connectivity index (χ0) is 20.4. The second-order valence-corrected chi connectivity index (χ2v) is 7.83. The van der Waals surface area contributed by atoms with Gasteiger partial charge in [0.05, 0.1) is 11.6 Å². The molecule has 150 valence electrons. The maximum Gasteiger partial charge on any atom is 0.295 e. The van der Waals surface area contributed by atoms with Gasteiger partial charge in [0.1, 0.15) is 5.76 Å². The predicted octanol–water partition coefficient (Wildman–Crippen LogP) is 4.40. The molecule has 29 heavy (non-hydrogen) atoms. The van der Waals surface area contributed by atoms with Crippen molar-refractivity contribution < 1.29 is 14.7 Å². The van der Waals surface area contributed by atoms with Crippen LogP contribution in [0.5, 0.6) is 0 Å². The Kier molecular flexibility index (Phi) is 5.47. The van der Waals surface area contributed by atoms with Crippen LogP contribution in [-0.4, -0.2) is 32.7 Å². The quantitative estimate of drug-likeness (QED) is 0.477. The van der Waals surface area contributed by atoms with Gasteiger partial charge in [-0.15, -0.1) is 0 Å². The van der Waals surface area contributed by atoms with Crippen molar-refractivity contribution in [1.82, 2.24) is 9.88 Å². The number of ketones is 1. The Labute approximate surface area is 171 Å². The number of nitrogens with zero attached hydrogens (tertiary/aromatic N) is 2. The Hall–Kier alpha value is -2.95. The minimum atomic E-state index is -0.602. The lowest BCUT2D eigenvalue weighted by atomic mass is 9.90. The van der Waals surface area contributed by atoms with Gasteiger partial charge in [-0.05, 0) is 42.5 Å². The number of likely N-dealkylation sites (tertiary alicyclic amines) is 1. The molecule has 2 aliphatic rings. The number of carbonyl (C=O) groups is 2. The number of aliphatic hydroxyl groups excluding tert-OH is 1. The van der Waals surface area contributed by atoms with Crippen molar-refractivity contribution in [1.29, 1.82) is 0 Å². The van der Waals surface area contributed by atoms with Gasteiger partial charge in [0, 0.05) is 24.0 Å². The number of hydrogen-bond donors (Lipinski definition) is 1. The second-order valence-electron chi connectivity index (χ2n) is 7.83. The lowest BCUT2D eigenvalue weighted by Crippen LogP contribution is -2.40. The largest absolute Gasteiger partial charge is 0.507 e. The number of pyridine rings is 1. The molecule has 1 aliphatic carbocycles. The van der Waals surface area contributed by atoms with Gasteiger partial charge in [-0.25, -0.2) is 0 Å². The van der Waals surface area contributed by atoms with Crippen molar-refractivity contribution >= 4 is 17.4 Å². The van der Waals surface area contributed by atoms with Crippen LogP contribution < -0.4 is 0 Å². The molecule has 4 rings (SSSR count). The minimum absolute atomic E-state index is 0.0267. The van der Waals surface area contributed by atoms with Gasteiger partial charge in [-0.2, -0.15) is 0 Å². The number of aliphatic hydroxyl groups is 1. The van der Waals surface area contributed by atoms with Crippen molar-refractivity contribution in [2.45, 2.75) is 57.5 Å². The van der Waals surface area contributed by atoms with E-state index in [9.17, 15) is 14.7 Å². The summed E-state index contributed by atoms with van der Waals surface area (Å²) < 4.78 is 0. The van der Waals surface area contributed by atoms with Crippen LogP contribution in [0.2, 0.25) is 0 Å². The van der Waals surface area contributed by atoms with Crippen LogP contribution in [0, 0.1) is 0 Å². The summed E-state index contributed by atoms with van der Waals surface area (Å²) in [6, 6.07) is 10.8. The summed E-state index contributed by atoms with van der Waals surface area (Å²) in [6.45, 7) is 2.09. The number of rotatable bonds is 4. The smallest absolute Gasteiger partial charge is 0.295 e. The molecule has 1 atom stereocenters. The van der Waals surface area contributed by atoms with Gasteiger partial charge in [-0.3, -0.25) is 14.6 Å². The lowest BCUT2D eigenvalue weighted by Gasteiger charge is -2.35. The lowest BCUT2D eigenvalue weighted by molar-refractivity contribution is -0.141. The second kappa shape index (κ2) is 8.19. The van der Waals surface area contributed by atoms with Crippen LogP contribution in [0.4, 0.5) is 0 Å². The minimum Gasteiger partial charge on any atom is -0.507 e. The van der Waals surface area contributed by atoms with E-state index >= 15 is 0 Å². The molecule has 1 aliphatic heterocycles. The third kappa shape index (κ3) is 3.57. The Morgan fingerprint density at radius 1 is 1.03 bits per heavy atom. The normalized spacial score (nSPS) is 22.2. The van der Waals surface area contributed by atoms with E-state index < -0.39 is 17.7 Å². The molecule has 1 N–H and O–H groups in total. The van der Waals surface area contributed by atoms with Gasteiger partial charge in [0.2, 0.25) is 0 Å². The highest BCUT2D eigenvalue weighted by Crippen LogP contribution is 2.43. The molecule has 0 bridgehead atoms. The Balaban J connectivity index is 1.85. The highest BCUT2D eigenvalue weighted by molar-refractivity contribution is 6.46. The first kappa shape index (κ1) is 19.4. The van der Waals surface area contributed by atoms with Crippen molar-refractivity contribution in [2.24, 2.45) is 0 Å². The van der Waals surface area contributed by atoms with E-state index in [0.717, 1.165) is 44.1 Å². The average molecular weight is 390 g/mol. The van der Waals surface area contributed by atoms with E-state index in [-0.39, 0.29) is 17.4 Å². The highest BCUT2D eigenvalue weighted by atomic mass is 16.3. The molecule has 1 amide bonds.